The zero-order valence-corrected chi connectivity index (χ0v) is 17.0. The summed E-state index contributed by atoms with van der Waals surface area (Å²) in [6.45, 7) is 3.81. The highest BCUT2D eigenvalue weighted by Gasteiger charge is 2.23. The van der Waals surface area contributed by atoms with Crippen molar-refractivity contribution in [3.8, 4) is 5.75 Å². The van der Waals surface area contributed by atoms with Gasteiger partial charge < -0.3 is 10.1 Å². The summed E-state index contributed by atoms with van der Waals surface area (Å²) in [4.78, 5) is 12.4. The number of nitrogens with one attached hydrogen (secondary N) is 1. The Morgan fingerprint density at radius 2 is 1.70 bits per heavy atom. The van der Waals surface area contributed by atoms with E-state index in [0.29, 0.717) is 18.7 Å². The smallest absolute Gasteiger partial charge is 0.240 e. The van der Waals surface area contributed by atoms with E-state index in [9.17, 15) is 13.2 Å². The molecule has 0 radical (unpaired) electrons. The second kappa shape index (κ2) is 8.90. The van der Waals surface area contributed by atoms with Crippen LogP contribution < -0.4 is 14.4 Å². The van der Waals surface area contributed by atoms with Crippen LogP contribution in [0.5, 0.6) is 5.75 Å². The van der Waals surface area contributed by atoms with Gasteiger partial charge in [0.15, 0.2) is 0 Å². The molecule has 0 atom stereocenters. The largest absolute Gasteiger partial charge is 0.496 e. The number of methoxy groups -OCH3 is 1. The van der Waals surface area contributed by atoms with Crippen molar-refractivity contribution in [1.29, 1.82) is 0 Å². The fourth-order valence-electron chi connectivity index (χ4n) is 2.99. The predicted molar refractivity (Wildman–Crippen MR) is 108 cm³/mol. The van der Waals surface area contributed by atoms with Gasteiger partial charge in [0, 0.05) is 6.54 Å². The zero-order chi connectivity index (χ0) is 20.0. The highest BCUT2D eigenvalue weighted by molar-refractivity contribution is 7.92. The molecule has 1 N–H and O–H groups in total. The number of anilines is 1. The van der Waals surface area contributed by atoms with Gasteiger partial charge in [-0.2, -0.15) is 0 Å². The lowest BCUT2D eigenvalue weighted by molar-refractivity contribution is -0.119. The van der Waals surface area contributed by atoms with Crippen molar-refractivity contribution in [3.63, 3.8) is 0 Å². The van der Waals surface area contributed by atoms with Gasteiger partial charge in [-0.15, -0.1) is 0 Å². The molecule has 0 saturated heterocycles. The van der Waals surface area contributed by atoms with Gasteiger partial charge in [-0.05, 0) is 43.0 Å². The zero-order valence-electron chi connectivity index (χ0n) is 16.2. The molecule has 0 saturated carbocycles. The van der Waals surface area contributed by atoms with Crippen molar-refractivity contribution in [1.82, 2.24) is 5.32 Å². The number of aryl methyl sites for hydroxylation is 2. The van der Waals surface area contributed by atoms with Crippen LogP contribution >= 0.6 is 0 Å². The van der Waals surface area contributed by atoms with Crippen molar-refractivity contribution in [2.45, 2.75) is 20.3 Å². The maximum Gasteiger partial charge on any atom is 0.240 e. The van der Waals surface area contributed by atoms with E-state index in [4.69, 9.17) is 4.74 Å². The molecule has 2 aromatic rings. The van der Waals surface area contributed by atoms with Crippen molar-refractivity contribution >= 4 is 21.6 Å². The number of carbonyl (C=O) groups excluding carboxylic acids is 1. The first-order valence-corrected chi connectivity index (χ1v) is 10.5. The van der Waals surface area contributed by atoms with E-state index in [1.54, 1.807) is 7.11 Å². The summed E-state index contributed by atoms with van der Waals surface area (Å²) in [6, 6.07) is 13.1. The molecule has 7 heteroatoms. The predicted octanol–water partition coefficient (Wildman–Crippen LogP) is 2.44. The lowest BCUT2D eigenvalue weighted by Gasteiger charge is -2.25. The molecule has 1 amide bonds. The monoisotopic (exact) mass is 390 g/mol. The molecule has 2 aromatic carbocycles. The minimum absolute atomic E-state index is 0.254. The first-order valence-electron chi connectivity index (χ1n) is 8.66. The van der Waals surface area contributed by atoms with E-state index < -0.39 is 10.0 Å². The number of hydrogen-bond acceptors (Lipinski definition) is 4. The summed E-state index contributed by atoms with van der Waals surface area (Å²) in [7, 11) is -1.99. The first kappa shape index (κ1) is 20.8. The van der Waals surface area contributed by atoms with Gasteiger partial charge in [0.25, 0.3) is 0 Å². The highest BCUT2D eigenvalue weighted by atomic mass is 32.2. The van der Waals surface area contributed by atoms with Crippen molar-refractivity contribution in [2.24, 2.45) is 0 Å². The van der Waals surface area contributed by atoms with Crippen molar-refractivity contribution in [2.75, 3.05) is 30.8 Å². The maximum absolute atomic E-state index is 12.4. The Labute approximate surface area is 161 Å². The second-order valence-corrected chi connectivity index (χ2v) is 8.33. The Morgan fingerprint density at radius 3 is 2.30 bits per heavy atom. The molecular formula is C20H26N2O4S. The van der Waals surface area contributed by atoms with Gasteiger partial charge in [-0.1, -0.05) is 36.4 Å². The fourth-order valence-corrected chi connectivity index (χ4v) is 3.97. The molecule has 0 aliphatic rings. The molecule has 0 aliphatic carbocycles. The van der Waals surface area contributed by atoms with Crippen molar-refractivity contribution in [3.05, 3.63) is 59.2 Å². The molecule has 0 fully saturated rings. The SMILES string of the molecule is COc1ccccc1CCNC(=O)CN(c1c(C)cccc1C)S(C)(=O)=O. The molecule has 6 nitrogen and oxygen atoms in total. The van der Waals surface area contributed by atoms with Crippen LogP contribution in [0.15, 0.2) is 42.5 Å². The number of ether oxygens (including phenoxy) is 1. The van der Waals surface area contributed by atoms with Crippen LogP contribution in [0.2, 0.25) is 0 Å². The van der Waals surface area contributed by atoms with Gasteiger partial charge in [0.2, 0.25) is 15.9 Å². The quantitative estimate of drug-likeness (QED) is 0.751. The summed E-state index contributed by atoms with van der Waals surface area (Å²) >= 11 is 0. The van der Waals surface area contributed by atoms with Gasteiger partial charge in [0.1, 0.15) is 12.3 Å². The second-order valence-electron chi connectivity index (χ2n) is 6.42. The molecule has 0 spiro atoms. The third-order valence-corrected chi connectivity index (χ3v) is 5.40. The van der Waals surface area contributed by atoms with Crippen LogP contribution in [0.3, 0.4) is 0 Å². The number of benzene rings is 2. The number of nitrogens with zero attached hydrogens (tertiary/aromatic N) is 1. The molecule has 146 valence electrons. The molecule has 2 rings (SSSR count). The average Bonchev–Trinajstić information content (AvgIpc) is 2.60. The minimum atomic E-state index is -3.59. The Morgan fingerprint density at radius 1 is 1.07 bits per heavy atom. The van der Waals surface area contributed by atoms with Gasteiger partial charge in [-0.25, -0.2) is 8.42 Å². The molecule has 27 heavy (non-hydrogen) atoms. The summed E-state index contributed by atoms with van der Waals surface area (Å²) in [5, 5.41) is 2.79. The summed E-state index contributed by atoms with van der Waals surface area (Å²) in [5.41, 5.74) is 3.15. The fraction of sp³-hybridized carbons (Fsp3) is 0.350. The van der Waals surface area contributed by atoms with Gasteiger partial charge >= 0.3 is 0 Å². The minimum Gasteiger partial charge on any atom is -0.496 e. The van der Waals surface area contributed by atoms with E-state index in [1.165, 1.54) is 0 Å². The third kappa shape index (κ3) is 5.47. The van der Waals surface area contributed by atoms with Crippen LogP contribution in [0.1, 0.15) is 16.7 Å². The number of hydrogen-bond donors (Lipinski definition) is 1. The van der Waals surface area contributed by atoms with Crippen molar-refractivity contribution < 1.29 is 17.9 Å². The number of amides is 1. The Bertz CT molecular complexity index is 890. The van der Waals surface area contributed by atoms with E-state index in [2.05, 4.69) is 5.32 Å². The third-order valence-electron chi connectivity index (χ3n) is 4.29. The van der Waals surface area contributed by atoms with Crippen LogP contribution in [-0.4, -0.2) is 40.8 Å². The first-order chi connectivity index (χ1) is 12.7. The average molecular weight is 391 g/mol. The normalized spacial score (nSPS) is 11.1. The summed E-state index contributed by atoms with van der Waals surface area (Å²) in [5.74, 6) is 0.415. The number of para-hydroxylation sites is 2. The number of carbonyl (C=O) groups is 1. The number of rotatable bonds is 8. The molecular weight excluding hydrogens is 364 g/mol. The lowest BCUT2D eigenvalue weighted by Crippen LogP contribution is -2.41. The van der Waals surface area contributed by atoms with E-state index in [1.807, 2.05) is 56.3 Å². The van der Waals surface area contributed by atoms with E-state index in [-0.39, 0.29) is 12.5 Å². The Kier molecular flexibility index (Phi) is 6.85. The number of sulfonamides is 1. The van der Waals surface area contributed by atoms with Crippen LogP contribution in [0, 0.1) is 13.8 Å². The summed E-state index contributed by atoms with van der Waals surface area (Å²) < 4.78 is 31.0. The molecule has 0 aromatic heterocycles. The van der Waals surface area contributed by atoms with E-state index in [0.717, 1.165) is 33.0 Å². The summed E-state index contributed by atoms with van der Waals surface area (Å²) in [6.07, 6.45) is 1.71. The van der Waals surface area contributed by atoms with Crippen LogP contribution in [-0.2, 0) is 21.2 Å². The molecule has 0 aliphatic heterocycles. The molecule has 0 heterocycles. The topological polar surface area (TPSA) is 75.7 Å². The van der Waals surface area contributed by atoms with Gasteiger partial charge in [0.05, 0.1) is 19.1 Å². The standard InChI is InChI=1S/C20H26N2O4S/c1-15-8-7-9-16(2)20(15)22(27(4,24)25)14-19(23)21-13-12-17-10-5-6-11-18(17)26-3/h5-11H,12-14H2,1-4H3,(H,21,23). The molecule has 0 unspecified atom stereocenters. The lowest BCUT2D eigenvalue weighted by atomic mass is 10.1. The Hall–Kier alpha value is -2.54. The highest BCUT2D eigenvalue weighted by Crippen LogP contribution is 2.26. The Balaban J connectivity index is 2.07. The van der Waals surface area contributed by atoms with Crippen LogP contribution in [0.25, 0.3) is 0 Å². The van der Waals surface area contributed by atoms with E-state index >= 15 is 0 Å². The maximum atomic E-state index is 12.4. The van der Waals surface area contributed by atoms with Gasteiger partial charge in [-0.3, -0.25) is 9.10 Å². The molecule has 0 bridgehead atoms. The van der Waals surface area contributed by atoms with Crippen LogP contribution in [0.4, 0.5) is 5.69 Å².